The zero-order valence-corrected chi connectivity index (χ0v) is 9.19. The van der Waals surface area contributed by atoms with Crippen LogP contribution < -0.4 is 10.6 Å². The highest BCUT2D eigenvalue weighted by atomic mass is 79.9. The normalized spacial score (nSPS) is 22.4. The smallest absolute Gasteiger partial charge is 0.237 e. The van der Waals surface area contributed by atoms with Gasteiger partial charge in [-0.15, -0.1) is 0 Å². The molecule has 0 aromatic carbocycles. The highest BCUT2D eigenvalue weighted by Crippen LogP contribution is 2.07. The van der Waals surface area contributed by atoms with Gasteiger partial charge in [0.15, 0.2) is 0 Å². The van der Waals surface area contributed by atoms with Crippen molar-refractivity contribution in [2.24, 2.45) is 0 Å². The maximum atomic E-state index is 11.5. The topological polar surface area (TPSA) is 41.1 Å². The van der Waals surface area contributed by atoms with E-state index < -0.39 is 0 Å². The van der Waals surface area contributed by atoms with E-state index in [1.54, 1.807) is 0 Å². The third kappa shape index (κ3) is 3.91. The van der Waals surface area contributed by atoms with E-state index in [0.717, 1.165) is 23.9 Å². The quantitative estimate of drug-likeness (QED) is 0.785. The average Bonchev–Trinajstić information content (AvgIpc) is 2.15. The lowest BCUT2D eigenvalue weighted by atomic mass is 10.0. The van der Waals surface area contributed by atoms with Gasteiger partial charge in [0.2, 0.25) is 5.91 Å². The lowest BCUT2D eigenvalue weighted by Gasteiger charge is -2.22. The van der Waals surface area contributed by atoms with Crippen molar-refractivity contribution >= 4 is 21.8 Å². The fourth-order valence-corrected chi connectivity index (χ4v) is 1.52. The first-order valence-electron chi connectivity index (χ1n) is 4.54. The van der Waals surface area contributed by atoms with Gasteiger partial charge in [-0.25, -0.2) is 0 Å². The monoisotopic (exact) mass is 246 g/mol. The van der Waals surface area contributed by atoms with Crippen molar-refractivity contribution in [1.82, 2.24) is 10.6 Å². The van der Waals surface area contributed by atoms with Crippen LogP contribution in [-0.4, -0.2) is 25.0 Å². The molecule has 4 heteroatoms. The summed E-state index contributed by atoms with van der Waals surface area (Å²) in [6, 6.07) is 0.000556. The summed E-state index contributed by atoms with van der Waals surface area (Å²) in [7, 11) is 0. The van der Waals surface area contributed by atoms with Gasteiger partial charge in [-0.1, -0.05) is 28.9 Å². The number of hydrogen-bond acceptors (Lipinski definition) is 2. The molecule has 0 bridgehead atoms. The van der Waals surface area contributed by atoms with Crippen LogP contribution in [0, 0.1) is 0 Å². The van der Waals surface area contributed by atoms with Crippen LogP contribution in [0.3, 0.4) is 0 Å². The Hall–Kier alpha value is -0.350. The third-order valence-corrected chi connectivity index (χ3v) is 2.36. The molecule has 1 aliphatic rings. The molecule has 3 nitrogen and oxygen atoms in total. The van der Waals surface area contributed by atoms with Crippen molar-refractivity contribution in [2.75, 3.05) is 13.1 Å². The van der Waals surface area contributed by atoms with E-state index in [9.17, 15) is 4.79 Å². The van der Waals surface area contributed by atoms with Gasteiger partial charge in [-0.05, 0) is 19.4 Å². The zero-order chi connectivity index (χ0) is 9.68. The first-order chi connectivity index (χ1) is 6.20. The van der Waals surface area contributed by atoms with Crippen LogP contribution >= 0.6 is 15.9 Å². The van der Waals surface area contributed by atoms with Crippen LogP contribution in [0.25, 0.3) is 0 Å². The lowest BCUT2D eigenvalue weighted by Crippen LogP contribution is -2.46. The summed E-state index contributed by atoms with van der Waals surface area (Å²) < 4.78 is 0.802. The second-order valence-corrected chi connectivity index (χ2v) is 4.36. The second kappa shape index (κ2) is 5.40. The number of carbonyl (C=O) groups excluding carboxylic acids is 1. The molecule has 1 heterocycles. The van der Waals surface area contributed by atoms with Gasteiger partial charge >= 0.3 is 0 Å². The summed E-state index contributed by atoms with van der Waals surface area (Å²) >= 11 is 3.20. The second-order valence-electron chi connectivity index (χ2n) is 3.24. The number of nitrogens with one attached hydrogen (secondary N) is 2. The number of rotatable bonds is 3. The Balaban J connectivity index is 2.25. The molecule has 2 N–H and O–H groups in total. The lowest BCUT2D eigenvalue weighted by molar-refractivity contribution is -0.123. The van der Waals surface area contributed by atoms with Gasteiger partial charge in [0, 0.05) is 11.0 Å². The molecule has 1 amide bonds. The van der Waals surface area contributed by atoms with Crippen LogP contribution in [0.4, 0.5) is 0 Å². The average molecular weight is 247 g/mol. The predicted molar refractivity (Wildman–Crippen MR) is 56.7 cm³/mol. The highest BCUT2D eigenvalue weighted by molar-refractivity contribution is 9.11. The Morgan fingerprint density at radius 3 is 2.92 bits per heavy atom. The highest BCUT2D eigenvalue weighted by Gasteiger charge is 2.19. The number of halogens is 1. The molecule has 1 rings (SSSR count). The first-order valence-corrected chi connectivity index (χ1v) is 5.34. The minimum absolute atomic E-state index is 0.000556. The molecule has 0 aromatic rings. The molecular weight excluding hydrogens is 232 g/mol. The number of amides is 1. The van der Waals surface area contributed by atoms with Crippen molar-refractivity contribution in [2.45, 2.75) is 25.3 Å². The number of carbonyl (C=O) groups is 1. The zero-order valence-electron chi connectivity index (χ0n) is 7.61. The Kier molecular flexibility index (Phi) is 4.45. The Morgan fingerprint density at radius 1 is 1.62 bits per heavy atom. The molecule has 0 aromatic heterocycles. The van der Waals surface area contributed by atoms with Crippen molar-refractivity contribution < 1.29 is 4.79 Å². The first kappa shape index (κ1) is 10.7. The molecule has 1 atom stereocenters. The minimum Gasteiger partial charge on any atom is -0.350 e. The molecule has 0 spiro atoms. The fraction of sp³-hybridized carbons (Fsp3) is 0.667. The van der Waals surface area contributed by atoms with Crippen molar-refractivity contribution in [3.63, 3.8) is 0 Å². The molecule has 0 unspecified atom stereocenters. The van der Waals surface area contributed by atoms with Crippen molar-refractivity contribution in [1.29, 1.82) is 0 Å². The molecule has 13 heavy (non-hydrogen) atoms. The summed E-state index contributed by atoms with van der Waals surface area (Å²) in [6.45, 7) is 5.12. The van der Waals surface area contributed by atoms with E-state index in [4.69, 9.17) is 0 Å². The Bertz CT molecular complexity index is 200. The maximum absolute atomic E-state index is 11.5. The van der Waals surface area contributed by atoms with Gasteiger partial charge in [-0.3, -0.25) is 4.79 Å². The van der Waals surface area contributed by atoms with E-state index in [2.05, 4.69) is 33.1 Å². The summed E-state index contributed by atoms with van der Waals surface area (Å²) in [5.41, 5.74) is 0. The molecule has 0 aliphatic carbocycles. The Morgan fingerprint density at radius 2 is 2.38 bits per heavy atom. The van der Waals surface area contributed by atoms with Gasteiger partial charge in [0.25, 0.3) is 0 Å². The summed E-state index contributed by atoms with van der Waals surface area (Å²) in [4.78, 5) is 11.5. The van der Waals surface area contributed by atoms with Crippen LogP contribution in [0.2, 0.25) is 0 Å². The maximum Gasteiger partial charge on any atom is 0.237 e. The summed E-state index contributed by atoms with van der Waals surface area (Å²) in [5, 5.41) is 5.99. The Labute approximate surface area is 87.1 Å². The summed E-state index contributed by atoms with van der Waals surface area (Å²) in [6.07, 6.45) is 3.26. The van der Waals surface area contributed by atoms with Crippen LogP contribution in [0.1, 0.15) is 19.3 Å². The van der Waals surface area contributed by atoms with E-state index in [-0.39, 0.29) is 11.9 Å². The van der Waals surface area contributed by atoms with Crippen molar-refractivity contribution in [3.8, 4) is 0 Å². The molecule has 1 fully saturated rings. The van der Waals surface area contributed by atoms with E-state index in [1.807, 2.05) is 0 Å². The van der Waals surface area contributed by atoms with E-state index >= 15 is 0 Å². The molecular formula is C9H15BrN2O. The van der Waals surface area contributed by atoms with Crippen LogP contribution in [0.5, 0.6) is 0 Å². The summed E-state index contributed by atoms with van der Waals surface area (Å²) in [5.74, 6) is 0.0836. The van der Waals surface area contributed by atoms with Gasteiger partial charge in [0.1, 0.15) is 0 Å². The van der Waals surface area contributed by atoms with E-state index in [1.165, 1.54) is 6.42 Å². The van der Waals surface area contributed by atoms with Gasteiger partial charge in [-0.2, -0.15) is 0 Å². The minimum atomic E-state index is 0.000556. The number of piperidine rings is 1. The van der Waals surface area contributed by atoms with Crippen LogP contribution in [0.15, 0.2) is 11.1 Å². The SMILES string of the molecule is C=C(Br)CNC(=O)[C@H]1CCCCN1. The molecule has 1 aliphatic heterocycles. The molecule has 1 saturated heterocycles. The molecule has 0 saturated carbocycles. The van der Waals surface area contributed by atoms with Crippen LogP contribution in [-0.2, 0) is 4.79 Å². The van der Waals surface area contributed by atoms with Gasteiger partial charge < -0.3 is 10.6 Å². The molecule has 74 valence electrons. The van der Waals surface area contributed by atoms with Gasteiger partial charge in [0.05, 0.1) is 6.04 Å². The fourth-order valence-electron chi connectivity index (χ4n) is 1.38. The molecule has 0 radical (unpaired) electrons. The van der Waals surface area contributed by atoms with Crippen molar-refractivity contribution in [3.05, 3.63) is 11.1 Å². The standard InChI is InChI=1S/C9H15BrN2O/c1-7(10)6-12-9(13)8-4-2-3-5-11-8/h8,11H,1-6H2,(H,12,13)/t8-/m1/s1. The van der Waals surface area contributed by atoms with E-state index in [0.29, 0.717) is 6.54 Å². The predicted octanol–water partition coefficient (Wildman–Crippen LogP) is 1.15. The third-order valence-electron chi connectivity index (χ3n) is 2.08. The largest absolute Gasteiger partial charge is 0.350 e. The number of hydrogen-bond donors (Lipinski definition) is 2.